The van der Waals surface area contributed by atoms with Crippen molar-refractivity contribution in [3.63, 3.8) is 0 Å². The van der Waals surface area contributed by atoms with Crippen LogP contribution in [0.2, 0.25) is 5.02 Å². The summed E-state index contributed by atoms with van der Waals surface area (Å²) in [7, 11) is 4.15. The second-order valence-corrected chi connectivity index (χ2v) is 31.2. The molecule has 7 aromatic rings. The molecule has 5 saturated heterocycles. The lowest BCUT2D eigenvalue weighted by Crippen LogP contribution is -2.56. The standard InChI is InChI=1S/C30H34N6O2.C29H33F4N7O2.C28H34ClN7O2/c1-4-6-18-38-30-32-26-21-34(27-13-9-11-22-10-7-8-12-24(22)27)15-14-25(26)29(33-30)35-16-17-36(28(37)5-2)23(20-35)19-31-3;1-4-25(41)40-14-13-39(16-20(40)15-34-2)27-21-10-12-38(24-9-5-8-22(30)26(24)29(31,32)33)17-23(21)35-28(36-27)42-18-19-7-6-11-37(19)3;1-4-26(37)36-15-14-35(17-21(36)16-30-2)27-22-11-13-34(25-10-6-5-9-23(25)29)18-24(22)31-28(32-27)38-19-20-8-7-12-33(20)3/h5,7-13,23H,2,4,6,14-21H2,1H3;4-5,8-9,19-20H,1,6-7,10-18H2,3H3;4-6,9-10,20-21H,1,7-8,11-19H2,3H3/t;19-,20?;20-,21?/m.00/s1. The minimum atomic E-state index is -4.86. The number of ether oxygens (including phenoxy) is 3. The van der Waals surface area contributed by atoms with Crippen LogP contribution in [0.15, 0.2) is 123 Å². The van der Waals surface area contributed by atoms with Crippen molar-refractivity contribution in [2.75, 3.05) is 175 Å². The maximum absolute atomic E-state index is 14.4. The fourth-order valence-corrected chi connectivity index (χ4v) is 17.4. The van der Waals surface area contributed by atoms with Gasteiger partial charge in [-0.05, 0) is 132 Å². The topological polar surface area (TPSA) is 205 Å². The number of benzene rings is 4. The molecule has 26 nitrogen and oxygen atoms in total. The van der Waals surface area contributed by atoms with Crippen LogP contribution < -0.4 is 43.6 Å². The van der Waals surface area contributed by atoms with Gasteiger partial charge < -0.3 is 82.6 Å². The highest BCUT2D eigenvalue weighted by atomic mass is 35.5. The SMILES string of the molecule is [C-]#[N+]CC1CN(c2nc(OCCCC)nc3c2CCN(c2cccc4ccccc24)C3)CCN1C(=O)C=C.[C-]#[N+]CC1CN(c2nc(OC[C@@H]3CCCN3C)nc3c2CCN(c2cccc(F)c2C(F)(F)F)C3)CCN1C(=O)C=C.[C-]#[N+]CC1CN(c2nc(OC[C@@H]3CCCN3C)nc3c2CCN(c2ccccc2Cl)C3)CCN1C(=O)C=C. The van der Waals surface area contributed by atoms with Gasteiger partial charge in [-0.2, -0.15) is 43.1 Å². The largest absolute Gasteiger partial charge is 0.463 e. The van der Waals surface area contributed by atoms with Crippen LogP contribution in [0, 0.1) is 25.5 Å². The van der Waals surface area contributed by atoms with Gasteiger partial charge in [0, 0.05) is 118 Å². The number of fused-ring (bicyclic) bond motifs is 4. The summed E-state index contributed by atoms with van der Waals surface area (Å²) in [6.07, 6.45) is 7.21. The Morgan fingerprint density at radius 2 is 0.898 bits per heavy atom. The van der Waals surface area contributed by atoms with Crippen molar-refractivity contribution in [2.24, 2.45) is 0 Å². The van der Waals surface area contributed by atoms with Gasteiger partial charge in [0.1, 0.15) is 60.2 Å². The van der Waals surface area contributed by atoms with Crippen molar-refractivity contribution in [3.8, 4) is 18.0 Å². The van der Waals surface area contributed by atoms with Crippen molar-refractivity contribution in [3.05, 3.63) is 207 Å². The molecular formula is C87H101ClF4N20O6. The molecule has 0 aliphatic carbocycles. The number of alkyl halides is 3. The van der Waals surface area contributed by atoms with Crippen LogP contribution in [0.25, 0.3) is 25.3 Å². The summed E-state index contributed by atoms with van der Waals surface area (Å²) in [5.41, 5.74) is 6.08. The minimum absolute atomic E-state index is 0.0114. The Morgan fingerprint density at radius 1 is 0.500 bits per heavy atom. The Morgan fingerprint density at radius 3 is 1.32 bits per heavy atom. The number of rotatable bonds is 22. The molecule has 8 aliphatic heterocycles. The van der Waals surface area contributed by atoms with Crippen molar-refractivity contribution in [1.82, 2.24) is 54.4 Å². The summed E-state index contributed by atoms with van der Waals surface area (Å²) in [5, 5.41) is 3.17. The molecule has 0 saturated carbocycles. The van der Waals surface area contributed by atoms with Gasteiger partial charge in [-0.15, -0.1) is 0 Å². The molecule has 0 N–H and O–H groups in total. The molecule has 3 amide bonds. The number of unbranched alkanes of at least 4 members (excludes halogenated alkanes) is 1. The summed E-state index contributed by atoms with van der Waals surface area (Å²) in [6.45, 7) is 47.0. The van der Waals surface area contributed by atoms with Gasteiger partial charge in [0.25, 0.3) is 0 Å². The molecule has 0 bridgehead atoms. The number of hydrogen-bond acceptors (Lipinski definition) is 20. The maximum Gasteiger partial charge on any atom is 0.421 e. The van der Waals surface area contributed by atoms with Crippen LogP contribution in [0.3, 0.4) is 0 Å². The van der Waals surface area contributed by atoms with Crippen LogP contribution in [0.4, 0.5) is 52.1 Å². The number of carbonyl (C=O) groups excluding carboxylic acids is 3. The fourth-order valence-electron chi connectivity index (χ4n) is 17.2. The van der Waals surface area contributed by atoms with E-state index in [1.165, 1.54) is 58.1 Å². The third-order valence-corrected chi connectivity index (χ3v) is 23.8. The van der Waals surface area contributed by atoms with Gasteiger partial charge in [-0.3, -0.25) is 14.4 Å². The van der Waals surface area contributed by atoms with Gasteiger partial charge in [0.05, 0.1) is 59.7 Å². The first kappa shape index (κ1) is 84.5. The Bertz CT molecular complexity index is 4940. The molecule has 3 unspecified atom stereocenters. The second kappa shape index (κ2) is 38.8. The van der Waals surface area contributed by atoms with Crippen LogP contribution in [0.5, 0.6) is 18.0 Å². The number of nitrogens with zero attached hydrogens (tertiary/aromatic N) is 20. The van der Waals surface area contributed by atoms with Crippen LogP contribution in [-0.4, -0.2) is 248 Å². The summed E-state index contributed by atoms with van der Waals surface area (Å²) in [4.78, 5) is 99.2. The summed E-state index contributed by atoms with van der Waals surface area (Å²) < 4.78 is 74.2. The highest BCUT2D eigenvalue weighted by Crippen LogP contribution is 2.43. The van der Waals surface area contributed by atoms with Gasteiger partial charge in [-0.25, -0.2) is 24.1 Å². The van der Waals surface area contributed by atoms with Gasteiger partial charge in [-0.1, -0.05) is 99.3 Å². The molecule has 0 spiro atoms. The average molecular weight is 1630 g/mol. The molecule has 620 valence electrons. The van der Waals surface area contributed by atoms with E-state index in [-0.39, 0.29) is 86.3 Å². The lowest BCUT2D eigenvalue weighted by molar-refractivity contribution is -0.139. The summed E-state index contributed by atoms with van der Waals surface area (Å²) >= 11 is 6.53. The number of para-hydroxylation sites is 1. The van der Waals surface area contributed by atoms with E-state index in [0.717, 1.165) is 128 Å². The van der Waals surface area contributed by atoms with E-state index < -0.39 is 17.6 Å². The van der Waals surface area contributed by atoms with Gasteiger partial charge in [0.15, 0.2) is 0 Å². The summed E-state index contributed by atoms with van der Waals surface area (Å²) in [6, 6.07) is 26.8. The third kappa shape index (κ3) is 19.4. The molecule has 8 aliphatic rings. The fraction of sp³-hybridized carbons (Fsp3) is 0.471. The highest BCUT2D eigenvalue weighted by molar-refractivity contribution is 6.33. The Hall–Kier alpha value is -11.4. The van der Waals surface area contributed by atoms with E-state index in [2.05, 4.69) is 125 Å². The Labute approximate surface area is 692 Å². The lowest BCUT2D eigenvalue weighted by atomic mass is 10.0. The lowest BCUT2D eigenvalue weighted by Gasteiger charge is -2.41. The number of amides is 3. The summed E-state index contributed by atoms with van der Waals surface area (Å²) in [5.74, 6) is 0.482. The average Bonchev–Trinajstić information content (AvgIpc) is 0.963. The molecule has 118 heavy (non-hydrogen) atoms. The highest BCUT2D eigenvalue weighted by Gasteiger charge is 2.42. The quantitative estimate of drug-likeness (QED) is 0.0268. The smallest absolute Gasteiger partial charge is 0.421 e. The van der Waals surface area contributed by atoms with Crippen LogP contribution in [-0.2, 0) is 59.5 Å². The zero-order valence-electron chi connectivity index (χ0n) is 67.2. The monoisotopic (exact) mass is 1630 g/mol. The number of anilines is 6. The third-order valence-electron chi connectivity index (χ3n) is 23.5. The minimum Gasteiger partial charge on any atom is -0.463 e. The van der Waals surface area contributed by atoms with E-state index in [9.17, 15) is 31.9 Å². The number of halogens is 5. The van der Waals surface area contributed by atoms with E-state index >= 15 is 0 Å². The number of aromatic nitrogens is 6. The first-order valence-corrected chi connectivity index (χ1v) is 40.9. The van der Waals surface area contributed by atoms with E-state index in [0.29, 0.717) is 128 Å². The van der Waals surface area contributed by atoms with Crippen LogP contribution >= 0.6 is 11.6 Å². The van der Waals surface area contributed by atoms with Gasteiger partial charge in [0.2, 0.25) is 37.4 Å². The number of likely N-dealkylation sites (N-methyl/N-ethyl adjacent to an activating group) is 2. The van der Waals surface area contributed by atoms with E-state index in [1.807, 2.05) is 36.2 Å². The molecule has 15 rings (SSSR count). The number of hydrogen-bond donors (Lipinski definition) is 0. The van der Waals surface area contributed by atoms with Crippen molar-refractivity contribution in [2.45, 2.75) is 121 Å². The number of likely N-dealkylation sites (tertiary alicyclic amines) is 2. The first-order chi connectivity index (χ1) is 57.2. The zero-order valence-corrected chi connectivity index (χ0v) is 68.0. The zero-order chi connectivity index (χ0) is 83.2. The van der Waals surface area contributed by atoms with Crippen molar-refractivity contribution in [1.29, 1.82) is 0 Å². The van der Waals surface area contributed by atoms with Gasteiger partial charge >= 0.3 is 24.2 Å². The molecule has 31 heteroatoms. The van der Waals surface area contributed by atoms with E-state index in [1.54, 1.807) is 14.7 Å². The molecule has 11 heterocycles. The Kier molecular flexibility index (Phi) is 27.8. The predicted octanol–water partition coefficient (Wildman–Crippen LogP) is 11.6. The molecule has 5 atom stereocenters. The normalized spacial score (nSPS) is 20.0. The number of carbonyl (C=O) groups is 3. The van der Waals surface area contributed by atoms with Crippen molar-refractivity contribution >= 4 is 74.6 Å². The molecule has 5 fully saturated rings. The number of piperazine rings is 3. The van der Waals surface area contributed by atoms with E-state index in [4.69, 9.17) is 70.4 Å². The molecule has 3 aromatic heterocycles. The first-order valence-electron chi connectivity index (χ1n) is 40.6. The molecule has 0 radical (unpaired) electrons. The predicted molar refractivity (Wildman–Crippen MR) is 448 cm³/mol. The second-order valence-electron chi connectivity index (χ2n) is 30.8. The van der Waals surface area contributed by atoms with Crippen molar-refractivity contribution < 1.29 is 46.2 Å². The Balaban J connectivity index is 0.000000154. The maximum atomic E-state index is 14.4. The van der Waals surface area contributed by atoms with Crippen LogP contribution in [0.1, 0.15) is 84.8 Å². The molecule has 4 aromatic carbocycles. The molecular weight excluding hydrogens is 1530 g/mol.